The summed E-state index contributed by atoms with van der Waals surface area (Å²) in [5.41, 5.74) is 2.44. The van der Waals surface area contributed by atoms with Gasteiger partial charge in [0.2, 0.25) is 5.91 Å². The molecule has 0 radical (unpaired) electrons. The van der Waals surface area contributed by atoms with Crippen molar-refractivity contribution < 1.29 is 14.7 Å². The Morgan fingerprint density at radius 1 is 1.21 bits per heavy atom. The largest absolute Gasteiger partial charge is 0.481 e. The summed E-state index contributed by atoms with van der Waals surface area (Å²) in [5.74, 6) is -2.41. The average molecular weight is 263 g/mol. The molecule has 1 rings (SSSR count). The molecule has 4 heteroatoms. The number of aryl methyl sites for hydroxylation is 1. The monoisotopic (exact) mass is 263 g/mol. The van der Waals surface area contributed by atoms with Gasteiger partial charge in [-0.15, -0.1) is 0 Å². The highest BCUT2D eigenvalue weighted by atomic mass is 16.4. The van der Waals surface area contributed by atoms with Crippen LogP contribution in [-0.2, 0) is 22.4 Å². The molecule has 0 spiro atoms. The van der Waals surface area contributed by atoms with E-state index < -0.39 is 11.9 Å². The van der Waals surface area contributed by atoms with Crippen molar-refractivity contribution in [2.75, 3.05) is 13.6 Å². The van der Waals surface area contributed by atoms with Gasteiger partial charge in [0.15, 0.2) is 0 Å². The standard InChI is InChI=1S/C15H21NO3/c1-4-12-5-7-13(8-6-12)9-10-16(3)14(17)11(2)15(18)19/h5-8,11H,4,9-10H2,1-3H3,(H,18,19). The second-order valence-electron chi connectivity index (χ2n) is 4.74. The van der Waals surface area contributed by atoms with Gasteiger partial charge in [0.1, 0.15) is 5.92 Å². The molecule has 19 heavy (non-hydrogen) atoms. The van der Waals surface area contributed by atoms with E-state index >= 15 is 0 Å². The average Bonchev–Trinajstić information content (AvgIpc) is 2.43. The second kappa shape index (κ2) is 6.92. The number of nitrogens with zero attached hydrogens (tertiary/aromatic N) is 1. The molecule has 1 N–H and O–H groups in total. The minimum absolute atomic E-state index is 0.349. The maximum absolute atomic E-state index is 11.8. The van der Waals surface area contributed by atoms with Crippen molar-refractivity contribution in [2.24, 2.45) is 5.92 Å². The molecule has 0 heterocycles. The normalized spacial score (nSPS) is 11.9. The van der Waals surface area contributed by atoms with Gasteiger partial charge in [-0.1, -0.05) is 31.2 Å². The van der Waals surface area contributed by atoms with Crippen molar-refractivity contribution in [3.8, 4) is 0 Å². The summed E-state index contributed by atoms with van der Waals surface area (Å²) in [6.07, 6.45) is 1.74. The number of carbonyl (C=O) groups excluding carboxylic acids is 1. The summed E-state index contributed by atoms with van der Waals surface area (Å²) < 4.78 is 0. The summed E-state index contributed by atoms with van der Waals surface area (Å²) in [6, 6.07) is 8.27. The van der Waals surface area contributed by atoms with Gasteiger partial charge in [-0.2, -0.15) is 0 Å². The first-order chi connectivity index (χ1) is 8.95. The minimum Gasteiger partial charge on any atom is -0.481 e. The molecule has 4 nitrogen and oxygen atoms in total. The van der Waals surface area contributed by atoms with Crippen molar-refractivity contribution in [1.29, 1.82) is 0 Å². The molecule has 0 aromatic heterocycles. The lowest BCUT2D eigenvalue weighted by Crippen LogP contribution is -2.36. The molecule has 1 unspecified atom stereocenters. The lowest BCUT2D eigenvalue weighted by molar-refractivity contribution is -0.149. The van der Waals surface area contributed by atoms with E-state index in [4.69, 9.17) is 5.11 Å². The number of carbonyl (C=O) groups is 2. The zero-order valence-corrected chi connectivity index (χ0v) is 11.7. The van der Waals surface area contributed by atoms with Crippen molar-refractivity contribution in [1.82, 2.24) is 4.90 Å². The lowest BCUT2D eigenvalue weighted by atomic mass is 10.1. The van der Waals surface area contributed by atoms with Gasteiger partial charge in [-0.25, -0.2) is 0 Å². The maximum Gasteiger partial charge on any atom is 0.315 e. The quantitative estimate of drug-likeness (QED) is 0.798. The molecule has 1 atom stereocenters. The first kappa shape index (κ1) is 15.2. The Morgan fingerprint density at radius 3 is 2.21 bits per heavy atom. The first-order valence-electron chi connectivity index (χ1n) is 6.51. The number of carboxylic acids is 1. The molecular weight excluding hydrogens is 242 g/mol. The SMILES string of the molecule is CCc1ccc(CCN(C)C(=O)C(C)C(=O)O)cc1. The number of carboxylic acid groups (broad SMARTS) is 1. The van der Waals surface area contributed by atoms with Crippen LogP contribution in [0.4, 0.5) is 0 Å². The van der Waals surface area contributed by atoms with Crippen LogP contribution in [0.2, 0.25) is 0 Å². The van der Waals surface area contributed by atoms with E-state index in [2.05, 4.69) is 31.2 Å². The van der Waals surface area contributed by atoms with Crippen LogP contribution < -0.4 is 0 Å². The Bertz CT molecular complexity index is 439. The fourth-order valence-corrected chi connectivity index (χ4v) is 1.78. The van der Waals surface area contributed by atoms with Gasteiger partial charge in [0, 0.05) is 13.6 Å². The highest BCUT2D eigenvalue weighted by Crippen LogP contribution is 2.07. The molecule has 0 fully saturated rings. The summed E-state index contributed by atoms with van der Waals surface area (Å²) in [5, 5.41) is 8.80. The first-order valence-corrected chi connectivity index (χ1v) is 6.51. The van der Waals surface area contributed by atoms with Crippen LogP contribution in [0.1, 0.15) is 25.0 Å². The Balaban J connectivity index is 2.51. The summed E-state index contributed by atoms with van der Waals surface area (Å²) >= 11 is 0. The van der Waals surface area contributed by atoms with Gasteiger partial charge in [-0.05, 0) is 30.9 Å². The molecule has 0 aliphatic rings. The maximum atomic E-state index is 11.8. The Labute approximate surface area is 114 Å². The highest BCUT2D eigenvalue weighted by Gasteiger charge is 2.23. The minimum atomic E-state index is -1.08. The Hall–Kier alpha value is -1.84. The fourth-order valence-electron chi connectivity index (χ4n) is 1.78. The van der Waals surface area contributed by atoms with Gasteiger partial charge in [-0.3, -0.25) is 9.59 Å². The molecule has 0 saturated heterocycles. The Kier molecular flexibility index (Phi) is 5.55. The summed E-state index contributed by atoms with van der Waals surface area (Å²) in [7, 11) is 1.64. The van der Waals surface area contributed by atoms with E-state index in [1.54, 1.807) is 7.05 Å². The third kappa shape index (κ3) is 4.39. The Morgan fingerprint density at radius 2 is 1.74 bits per heavy atom. The lowest BCUT2D eigenvalue weighted by Gasteiger charge is -2.19. The van der Waals surface area contributed by atoms with Crippen molar-refractivity contribution in [2.45, 2.75) is 26.7 Å². The van der Waals surface area contributed by atoms with Crippen molar-refractivity contribution in [3.05, 3.63) is 35.4 Å². The zero-order chi connectivity index (χ0) is 14.4. The second-order valence-corrected chi connectivity index (χ2v) is 4.74. The van der Waals surface area contributed by atoms with Crippen LogP contribution in [0, 0.1) is 5.92 Å². The molecule has 0 aliphatic carbocycles. The van der Waals surface area contributed by atoms with Gasteiger partial charge in [0.05, 0.1) is 0 Å². The summed E-state index contributed by atoms with van der Waals surface area (Å²) in [6.45, 7) is 4.05. The van der Waals surface area contributed by atoms with Crippen LogP contribution >= 0.6 is 0 Å². The van der Waals surface area contributed by atoms with Crippen molar-refractivity contribution >= 4 is 11.9 Å². The predicted molar refractivity (Wildman–Crippen MR) is 74.0 cm³/mol. The third-order valence-corrected chi connectivity index (χ3v) is 3.28. The fraction of sp³-hybridized carbons (Fsp3) is 0.467. The number of hydrogen-bond acceptors (Lipinski definition) is 2. The molecule has 0 aliphatic heterocycles. The number of aliphatic carboxylic acids is 1. The molecular formula is C15H21NO3. The van der Waals surface area contributed by atoms with Gasteiger partial charge in [0.25, 0.3) is 0 Å². The molecule has 1 aromatic carbocycles. The van der Waals surface area contributed by atoms with Crippen molar-refractivity contribution in [3.63, 3.8) is 0 Å². The number of rotatable bonds is 6. The van der Waals surface area contributed by atoms with E-state index in [-0.39, 0.29) is 5.91 Å². The summed E-state index contributed by atoms with van der Waals surface area (Å²) in [4.78, 5) is 24.0. The van der Waals surface area contributed by atoms with E-state index in [1.165, 1.54) is 17.4 Å². The molecule has 0 saturated carbocycles. The number of hydrogen-bond donors (Lipinski definition) is 1. The predicted octanol–water partition coefficient (Wildman–Crippen LogP) is 1.97. The number of likely N-dealkylation sites (N-methyl/N-ethyl adjacent to an activating group) is 1. The van der Waals surface area contributed by atoms with Gasteiger partial charge < -0.3 is 10.0 Å². The van der Waals surface area contributed by atoms with E-state index in [0.717, 1.165) is 18.4 Å². The van der Waals surface area contributed by atoms with Gasteiger partial charge >= 0.3 is 5.97 Å². The van der Waals surface area contributed by atoms with Crippen LogP contribution in [-0.4, -0.2) is 35.5 Å². The van der Waals surface area contributed by atoms with E-state index in [0.29, 0.717) is 6.54 Å². The van der Waals surface area contributed by atoms with Crippen LogP contribution in [0.15, 0.2) is 24.3 Å². The van der Waals surface area contributed by atoms with Crippen LogP contribution in [0.5, 0.6) is 0 Å². The smallest absolute Gasteiger partial charge is 0.315 e. The topological polar surface area (TPSA) is 57.6 Å². The number of amides is 1. The zero-order valence-electron chi connectivity index (χ0n) is 11.7. The van der Waals surface area contributed by atoms with Crippen LogP contribution in [0.3, 0.4) is 0 Å². The molecule has 0 bridgehead atoms. The molecule has 1 amide bonds. The highest BCUT2D eigenvalue weighted by molar-refractivity contribution is 5.96. The van der Waals surface area contributed by atoms with Crippen LogP contribution in [0.25, 0.3) is 0 Å². The van der Waals surface area contributed by atoms with E-state index in [9.17, 15) is 9.59 Å². The molecule has 1 aromatic rings. The van der Waals surface area contributed by atoms with E-state index in [1.807, 2.05) is 0 Å². The number of benzene rings is 1. The molecule has 104 valence electrons. The third-order valence-electron chi connectivity index (χ3n) is 3.28.